The molecule has 5 aliphatic rings. The molecule has 7 atom stereocenters. The van der Waals surface area contributed by atoms with Gasteiger partial charge in [-0.3, -0.25) is 9.59 Å². The molecule has 4 aliphatic carbocycles. The molecule has 1 unspecified atom stereocenters. The number of ketones is 2. The van der Waals surface area contributed by atoms with E-state index in [2.05, 4.69) is 19.9 Å². The number of hydrogen-bond donors (Lipinski definition) is 0. The van der Waals surface area contributed by atoms with Crippen LogP contribution in [0.4, 0.5) is 0 Å². The lowest BCUT2D eigenvalue weighted by atomic mass is 9.45. The highest BCUT2D eigenvalue weighted by Gasteiger charge is 2.61. The van der Waals surface area contributed by atoms with Gasteiger partial charge in [0.1, 0.15) is 5.78 Å². The highest BCUT2D eigenvalue weighted by molar-refractivity contribution is 6.01. The van der Waals surface area contributed by atoms with Crippen molar-refractivity contribution in [2.45, 2.75) is 58.5 Å². The van der Waals surface area contributed by atoms with Crippen molar-refractivity contribution in [1.82, 2.24) is 0 Å². The number of ether oxygens (including phenoxy) is 1. The summed E-state index contributed by atoms with van der Waals surface area (Å²) in [7, 11) is 0. The summed E-state index contributed by atoms with van der Waals surface area (Å²) in [6, 6.07) is 0. The Morgan fingerprint density at radius 3 is 2.76 bits per heavy atom. The molecule has 0 aromatic carbocycles. The summed E-state index contributed by atoms with van der Waals surface area (Å²) in [5.41, 5.74) is 1.24. The molecule has 0 amide bonds. The predicted octanol–water partition coefficient (Wildman–Crippen LogP) is 3.88. The van der Waals surface area contributed by atoms with Crippen LogP contribution in [0.3, 0.4) is 0 Å². The average molecular weight is 340 g/mol. The van der Waals surface area contributed by atoms with E-state index in [-0.39, 0.29) is 16.6 Å². The second-order valence-corrected chi connectivity index (χ2v) is 9.55. The molecule has 3 heteroatoms. The summed E-state index contributed by atoms with van der Waals surface area (Å²) in [6.45, 7) is 5.47. The number of allylic oxidation sites excluding steroid dienone is 4. The van der Waals surface area contributed by atoms with Crippen LogP contribution in [0.15, 0.2) is 23.8 Å². The lowest BCUT2D eigenvalue weighted by Crippen LogP contribution is -2.53. The molecule has 0 aromatic heterocycles. The molecule has 1 saturated heterocycles. The number of epoxide rings is 1. The Balaban J connectivity index is 1.57. The minimum Gasteiger partial charge on any atom is -0.373 e. The zero-order chi connectivity index (χ0) is 17.4. The van der Waals surface area contributed by atoms with Gasteiger partial charge < -0.3 is 4.74 Å². The van der Waals surface area contributed by atoms with Gasteiger partial charge in [-0.05, 0) is 67.9 Å². The Morgan fingerprint density at radius 2 is 2.00 bits per heavy atom. The second-order valence-electron chi connectivity index (χ2n) is 9.55. The number of hydrogen-bond acceptors (Lipinski definition) is 3. The number of carbonyl (C=O) groups excluding carboxylic acids is 2. The maximum atomic E-state index is 12.7. The van der Waals surface area contributed by atoms with Crippen LogP contribution in [0.2, 0.25) is 0 Å². The predicted molar refractivity (Wildman–Crippen MR) is 94.9 cm³/mol. The normalized spacial score (nSPS) is 50.8. The van der Waals surface area contributed by atoms with Crippen molar-refractivity contribution in [2.75, 3.05) is 6.61 Å². The van der Waals surface area contributed by atoms with Crippen molar-refractivity contribution in [3.63, 3.8) is 0 Å². The van der Waals surface area contributed by atoms with E-state index in [0.29, 0.717) is 35.6 Å². The minimum absolute atomic E-state index is 0.00640. The molecule has 0 bridgehead atoms. The van der Waals surface area contributed by atoms with Crippen LogP contribution < -0.4 is 0 Å². The average Bonchev–Trinajstić information content (AvgIpc) is 3.34. The number of Topliss-reactive ketones (excluding diaryl/α,β-unsaturated/α-hetero) is 1. The molecule has 0 N–H and O–H groups in total. The molecular weight excluding hydrogens is 312 g/mol. The van der Waals surface area contributed by atoms with Crippen LogP contribution in [0.1, 0.15) is 52.4 Å². The first-order valence-electron chi connectivity index (χ1n) is 10.0. The molecule has 25 heavy (non-hydrogen) atoms. The molecule has 5 rings (SSSR count). The fourth-order valence-corrected chi connectivity index (χ4v) is 6.90. The minimum atomic E-state index is -0.102. The van der Waals surface area contributed by atoms with Gasteiger partial charge in [0.15, 0.2) is 5.78 Å². The molecule has 3 nitrogen and oxygen atoms in total. The van der Waals surface area contributed by atoms with Crippen LogP contribution in [-0.2, 0) is 14.3 Å². The summed E-state index contributed by atoms with van der Waals surface area (Å²) in [5, 5.41) is 0. The first kappa shape index (κ1) is 16.0. The summed E-state index contributed by atoms with van der Waals surface area (Å²) in [4.78, 5) is 24.7. The maximum Gasteiger partial charge on any atom is 0.178 e. The topological polar surface area (TPSA) is 46.7 Å². The Bertz CT molecular complexity index is 700. The van der Waals surface area contributed by atoms with Gasteiger partial charge in [-0.25, -0.2) is 0 Å². The van der Waals surface area contributed by atoms with E-state index in [4.69, 9.17) is 4.74 Å². The summed E-state index contributed by atoms with van der Waals surface area (Å²) in [6.07, 6.45) is 12.4. The Hall–Kier alpha value is -1.22. The summed E-state index contributed by atoms with van der Waals surface area (Å²) >= 11 is 0. The van der Waals surface area contributed by atoms with E-state index < -0.39 is 0 Å². The Labute approximate surface area is 149 Å². The van der Waals surface area contributed by atoms with Crippen LogP contribution in [-0.4, -0.2) is 24.3 Å². The van der Waals surface area contributed by atoms with Gasteiger partial charge in [0.05, 0.1) is 12.7 Å². The van der Waals surface area contributed by atoms with E-state index in [1.807, 2.05) is 6.08 Å². The molecule has 0 spiro atoms. The fourth-order valence-electron chi connectivity index (χ4n) is 6.90. The van der Waals surface area contributed by atoms with Gasteiger partial charge >= 0.3 is 0 Å². The number of carbonyl (C=O) groups is 2. The molecule has 134 valence electrons. The third kappa shape index (κ3) is 2.21. The van der Waals surface area contributed by atoms with Crippen molar-refractivity contribution in [1.29, 1.82) is 0 Å². The fraction of sp³-hybridized carbons (Fsp3) is 0.727. The van der Waals surface area contributed by atoms with E-state index in [1.165, 1.54) is 5.57 Å². The lowest BCUT2D eigenvalue weighted by Gasteiger charge is -2.58. The monoisotopic (exact) mass is 340 g/mol. The van der Waals surface area contributed by atoms with Crippen LogP contribution in [0.25, 0.3) is 0 Å². The molecule has 3 saturated carbocycles. The summed E-state index contributed by atoms with van der Waals surface area (Å²) < 4.78 is 5.56. The van der Waals surface area contributed by atoms with Gasteiger partial charge in [-0.2, -0.15) is 0 Å². The van der Waals surface area contributed by atoms with Gasteiger partial charge in [-0.15, -0.1) is 0 Å². The van der Waals surface area contributed by atoms with Crippen molar-refractivity contribution >= 4 is 11.6 Å². The third-order valence-electron chi connectivity index (χ3n) is 8.41. The Morgan fingerprint density at radius 1 is 1.20 bits per heavy atom. The third-order valence-corrected chi connectivity index (χ3v) is 8.41. The second kappa shape index (κ2) is 5.16. The van der Waals surface area contributed by atoms with E-state index in [9.17, 15) is 9.59 Å². The molecule has 1 heterocycles. The van der Waals surface area contributed by atoms with Crippen LogP contribution >= 0.6 is 0 Å². The molecule has 1 aliphatic heterocycles. The van der Waals surface area contributed by atoms with Gasteiger partial charge in [-0.1, -0.05) is 25.5 Å². The standard InChI is InChI=1S/C22H28O3/c1-21-7-5-15(23)11-14(21)9-13(10-16-12-25-16)20-17-3-4-19(24)22(17,2)8-6-18(20)21/h5,7,11,13,16-18,20H,3-4,6,8-10,12H2,1-2H3/t13-,16?,17-,18-,20-,21-,22-/m0/s1. The highest BCUT2D eigenvalue weighted by atomic mass is 16.6. The van der Waals surface area contributed by atoms with Crippen molar-refractivity contribution in [3.8, 4) is 0 Å². The van der Waals surface area contributed by atoms with Gasteiger partial charge in [0.25, 0.3) is 0 Å². The quantitative estimate of drug-likeness (QED) is 0.717. The largest absolute Gasteiger partial charge is 0.373 e. The summed E-state index contributed by atoms with van der Waals surface area (Å²) in [5.74, 6) is 2.87. The molecule has 0 aromatic rings. The van der Waals surface area contributed by atoms with E-state index in [0.717, 1.165) is 45.1 Å². The molecule has 4 fully saturated rings. The maximum absolute atomic E-state index is 12.7. The van der Waals surface area contributed by atoms with Gasteiger partial charge in [0.2, 0.25) is 0 Å². The van der Waals surface area contributed by atoms with Crippen LogP contribution in [0.5, 0.6) is 0 Å². The number of rotatable bonds is 2. The molecule has 0 radical (unpaired) electrons. The first-order chi connectivity index (χ1) is 11.9. The van der Waals surface area contributed by atoms with E-state index in [1.54, 1.807) is 6.08 Å². The number of fused-ring (bicyclic) bond motifs is 5. The van der Waals surface area contributed by atoms with Crippen molar-refractivity contribution in [2.24, 2.45) is 34.5 Å². The lowest BCUT2D eigenvalue weighted by molar-refractivity contribution is -0.133. The Kier molecular flexibility index (Phi) is 3.30. The van der Waals surface area contributed by atoms with Crippen LogP contribution in [0, 0.1) is 34.5 Å². The zero-order valence-corrected chi connectivity index (χ0v) is 15.3. The van der Waals surface area contributed by atoms with Crippen molar-refractivity contribution in [3.05, 3.63) is 23.8 Å². The van der Waals surface area contributed by atoms with Crippen molar-refractivity contribution < 1.29 is 14.3 Å². The SMILES string of the molecule is C[C@]12C=CC(=O)C=C1C[C@@H](CC1CO1)[C@@H]1[C@@H]2CC[C@]2(C)C(=O)CC[C@@H]12. The highest BCUT2D eigenvalue weighted by Crippen LogP contribution is 2.65. The van der Waals surface area contributed by atoms with E-state index >= 15 is 0 Å². The first-order valence-corrected chi connectivity index (χ1v) is 10.0. The van der Waals surface area contributed by atoms with Gasteiger partial charge in [0, 0.05) is 17.3 Å². The zero-order valence-electron chi connectivity index (χ0n) is 15.3. The molecular formula is C22H28O3. The smallest absolute Gasteiger partial charge is 0.178 e.